The van der Waals surface area contributed by atoms with Crippen LogP contribution >= 0.6 is 0 Å². The van der Waals surface area contributed by atoms with Gasteiger partial charge in [-0.05, 0) is 19.3 Å². The number of nitrogens with one attached hydrogen (secondary N) is 2. The van der Waals surface area contributed by atoms with Crippen LogP contribution in [0.4, 0.5) is 0 Å². The maximum absolute atomic E-state index is 13.1. The molecule has 0 spiro atoms. The fraction of sp³-hybridized carbons (Fsp3) is 0.588. The zero-order chi connectivity index (χ0) is 19.6. The molecule has 0 bridgehead atoms. The average molecular weight is 376 g/mol. The molecule has 4 N–H and O–H groups in total. The summed E-state index contributed by atoms with van der Waals surface area (Å²) in [6.07, 6.45) is 5.20. The molecule has 2 aliphatic heterocycles. The van der Waals surface area contributed by atoms with E-state index in [4.69, 9.17) is 5.73 Å². The van der Waals surface area contributed by atoms with E-state index >= 15 is 0 Å². The number of carbonyl (C=O) groups is 4. The Hall–Kier alpha value is -2.91. The lowest BCUT2D eigenvalue weighted by molar-refractivity contribution is -0.141. The maximum Gasteiger partial charge on any atom is 0.246 e. The lowest BCUT2D eigenvalue weighted by atomic mass is 10.1. The molecule has 3 unspecified atom stereocenters. The Balaban J connectivity index is 1.76. The van der Waals surface area contributed by atoms with Crippen LogP contribution in [0.25, 0.3) is 0 Å². The van der Waals surface area contributed by atoms with Crippen molar-refractivity contribution in [1.82, 2.24) is 25.1 Å². The molecule has 3 rings (SSSR count). The number of imidazole rings is 1. The molecule has 4 amide bonds. The number of rotatable bonds is 6. The van der Waals surface area contributed by atoms with Gasteiger partial charge in [-0.15, -0.1) is 0 Å². The van der Waals surface area contributed by atoms with Gasteiger partial charge in [0.1, 0.15) is 18.1 Å². The molecule has 1 aromatic heterocycles. The number of hydrogen-bond acceptors (Lipinski definition) is 5. The van der Waals surface area contributed by atoms with Crippen LogP contribution in [0, 0.1) is 0 Å². The van der Waals surface area contributed by atoms with Crippen molar-refractivity contribution in [3.05, 3.63) is 18.2 Å². The number of likely N-dealkylation sites (N-methyl/N-ethyl adjacent to an activating group) is 1. The SMILES string of the molecule is CN1C(=O)CCC1C(=O)NC(Cc1cnc[nH]1)C(=O)N1CCCC1C(N)=O. The number of carbonyl (C=O) groups excluding carboxylic acids is 4. The lowest BCUT2D eigenvalue weighted by Crippen LogP contribution is -2.56. The number of primary amides is 1. The zero-order valence-corrected chi connectivity index (χ0v) is 15.2. The highest BCUT2D eigenvalue weighted by Crippen LogP contribution is 2.20. The third kappa shape index (κ3) is 3.93. The first-order chi connectivity index (χ1) is 12.9. The third-order valence-corrected chi connectivity index (χ3v) is 5.25. The van der Waals surface area contributed by atoms with Crippen molar-refractivity contribution in [2.45, 2.75) is 50.2 Å². The Labute approximate surface area is 156 Å². The predicted octanol–water partition coefficient (Wildman–Crippen LogP) is -1.47. The molecular weight excluding hydrogens is 352 g/mol. The summed E-state index contributed by atoms with van der Waals surface area (Å²) in [4.78, 5) is 58.8. The second-order valence-corrected chi connectivity index (χ2v) is 6.99. The van der Waals surface area contributed by atoms with Crippen molar-refractivity contribution in [3.8, 4) is 0 Å². The predicted molar refractivity (Wildman–Crippen MR) is 93.9 cm³/mol. The van der Waals surface area contributed by atoms with E-state index in [1.165, 1.54) is 16.1 Å². The van der Waals surface area contributed by atoms with Crippen LogP contribution in [0.5, 0.6) is 0 Å². The van der Waals surface area contributed by atoms with E-state index in [-0.39, 0.29) is 24.1 Å². The van der Waals surface area contributed by atoms with Gasteiger partial charge in [-0.2, -0.15) is 0 Å². The Bertz CT molecular complexity index is 734. The highest BCUT2D eigenvalue weighted by Gasteiger charge is 2.39. The third-order valence-electron chi connectivity index (χ3n) is 5.25. The number of aromatic nitrogens is 2. The standard InChI is InChI=1S/C17H24N6O4/c1-22-13(4-5-14(22)24)16(26)21-11(7-10-8-19-9-20-10)17(27)23-6-2-3-12(23)15(18)25/h8-9,11-13H,2-7H2,1H3,(H2,18,25)(H,19,20)(H,21,26). The van der Waals surface area contributed by atoms with Crippen molar-refractivity contribution in [1.29, 1.82) is 0 Å². The van der Waals surface area contributed by atoms with Crippen LogP contribution in [0.15, 0.2) is 12.5 Å². The molecular formula is C17H24N6O4. The van der Waals surface area contributed by atoms with Crippen LogP contribution in [0.3, 0.4) is 0 Å². The fourth-order valence-electron chi connectivity index (χ4n) is 3.72. The van der Waals surface area contributed by atoms with Gasteiger partial charge >= 0.3 is 0 Å². The summed E-state index contributed by atoms with van der Waals surface area (Å²) < 4.78 is 0. The number of H-pyrrole nitrogens is 1. The first-order valence-corrected chi connectivity index (χ1v) is 9.01. The van der Waals surface area contributed by atoms with Crippen molar-refractivity contribution in [3.63, 3.8) is 0 Å². The molecule has 10 nitrogen and oxygen atoms in total. The largest absolute Gasteiger partial charge is 0.368 e. The highest BCUT2D eigenvalue weighted by atomic mass is 16.2. The fourth-order valence-corrected chi connectivity index (χ4v) is 3.72. The van der Waals surface area contributed by atoms with E-state index in [2.05, 4.69) is 15.3 Å². The van der Waals surface area contributed by atoms with Crippen molar-refractivity contribution in [2.75, 3.05) is 13.6 Å². The van der Waals surface area contributed by atoms with Gasteiger partial charge < -0.3 is 25.8 Å². The Kier molecular flexibility index (Phi) is 5.43. The average Bonchev–Trinajstić information content (AvgIpc) is 3.36. The topological polar surface area (TPSA) is 141 Å². The minimum atomic E-state index is -0.873. The summed E-state index contributed by atoms with van der Waals surface area (Å²) in [5.41, 5.74) is 6.10. The molecule has 2 saturated heterocycles. The van der Waals surface area contributed by atoms with Crippen LogP contribution in [-0.4, -0.2) is 75.1 Å². The summed E-state index contributed by atoms with van der Waals surface area (Å²) in [7, 11) is 1.58. The van der Waals surface area contributed by atoms with Gasteiger partial charge in [0.05, 0.1) is 6.33 Å². The quantitative estimate of drug-likeness (QED) is 0.556. The zero-order valence-electron chi connectivity index (χ0n) is 15.2. The van der Waals surface area contributed by atoms with Gasteiger partial charge in [-0.1, -0.05) is 0 Å². The second-order valence-electron chi connectivity index (χ2n) is 6.99. The number of amides is 4. The minimum absolute atomic E-state index is 0.0973. The molecule has 0 aliphatic carbocycles. The molecule has 2 fully saturated rings. The van der Waals surface area contributed by atoms with Gasteiger partial charge in [-0.25, -0.2) is 4.98 Å². The molecule has 0 saturated carbocycles. The number of hydrogen-bond donors (Lipinski definition) is 3. The molecule has 3 heterocycles. The van der Waals surface area contributed by atoms with Gasteiger partial charge in [-0.3, -0.25) is 19.2 Å². The molecule has 0 radical (unpaired) electrons. The molecule has 146 valence electrons. The number of aromatic amines is 1. The first-order valence-electron chi connectivity index (χ1n) is 9.01. The monoisotopic (exact) mass is 376 g/mol. The summed E-state index contributed by atoms with van der Waals surface area (Å²) in [5.74, 6) is -1.38. The maximum atomic E-state index is 13.1. The lowest BCUT2D eigenvalue weighted by Gasteiger charge is -2.29. The van der Waals surface area contributed by atoms with Crippen molar-refractivity contribution in [2.24, 2.45) is 5.73 Å². The minimum Gasteiger partial charge on any atom is -0.368 e. The molecule has 10 heteroatoms. The normalized spacial score (nSPS) is 23.5. The smallest absolute Gasteiger partial charge is 0.246 e. The number of nitrogens with zero attached hydrogens (tertiary/aromatic N) is 3. The van der Waals surface area contributed by atoms with Crippen LogP contribution in [-0.2, 0) is 25.6 Å². The Morgan fingerprint density at radius 2 is 2.15 bits per heavy atom. The summed E-state index contributed by atoms with van der Waals surface area (Å²) in [5, 5.41) is 2.76. The van der Waals surface area contributed by atoms with Gasteiger partial charge in [0.2, 0.25) is 23.6 Å². The van der Waals surface area contributed by atoms with E-state index in [9.17, 15) is 19.2 Å². The van der Waals surface area contributed by atoms with Crippen LogP contribution in [0.1, 0.15) is 31.4 Å². The molecule has 3 atom stereocenters. The van der Waals surface area contributed by atoms with E-state index in [1.807, 2.05) is 0 Å². The van der Waals surface area contributed by atoms with E-state index in [0.29, 0.717) is 37.9 Å². The Morgan fingerprint density at radius 1 is 1.37 bits per heavy atom. The Morgan fingerprint density at radius 3 is 2.74 bits per heavy atom. The second kappa shape index (κ2) is 7.77. The van der Waals surface area contributed by atoms with Crippen molar-refractivity contribution < 1.29 is 19.2 Å². The van der Waals surface area contributed by atoms with Crippen LogP contribution in [0.2, 0.25) is 0 Å². The van der Waals surface area contributed by atoms with Gasteiger partial charge in [0.15, 0.2) is 0 Å². The van der Waals surface area contributed by atoms with Crippen molar-refractivity contribution >= 4 is 23.6 Å². The number of likely N-dealkylation sites (tertiary alicyclic amines) is 2. The van der Waals surface area contributed by atoms with Gasteiger partial charge in [0.25, 0.3) is 0 Å². The van der Waals surface area contributed by atoms with Gasteiger partial charge in [0, 0.05) is 38.3 Å². The summed E-state index contributed by atoms with van der Waals surface area (Å²) in [6.45, 7) is 0.420. The summed E-state index contributed by atoms with van der Waals surface area (Å²) >= 11 is 0. The van der Waals surface area contributed by atoms with Crippen LogP contribution < -0.4 is 11.1 Å². The van der Waals surface area contributed by atoms with E-state index in [0.717, 1.165) is 0 Å². The molecule has 0 aromatic carbocycles. The molecule has 2 aliphatic rings. The first kappa shape index (κ1) is 18.9. The van der Waals surface area contributed by atoms with E-state index in [1.54, 1.807) is 13.2 Å². The van der Waals surface area contributed by atoms with E-state index < -0.39 is 24.0 Å². The number of nitrogens with two attached hydrogens (primary N) is 1. The summed E-state index contributed by atoms with van der Waals surface area (Å²) in [6, 6.07) is -2.13. The molecule has 1 aromatic rings. The molecule has 27 heavy (non-hydrogen) atoms. The highest BCUT2D eigenvalue weighted by molar-refractivity contribution is 5.95.